The van der Waals surface area contributed by atoms with E-state index in [1.54, 1.807) is 12.0 Å². The third-order valence-electron chi connectivity index (χ3n) is 7.46. The summed E-state index contributed by atoms with van der Waals surface area (Å²) < 4.78 is 7.50. The van der Waals surface area contributed by atoms with Gasteiger partial charge in [0.25, 0.3) is 0 Å². The number of aromatic nitrogens is 1. The Morgan fingerprint density at radius 3 is 2.33 bits per heavy atom. The van der Waals surface area contributed by atoms with E-state index < -0.39 is 0 Å². The maximum absolute atomic E-state index is 14.3. The molecule has 0 saturated carbocycles. The molecule has 7 nitrogen and oxygen atoms in total. The van der Waals surface area contributed by atoms with Crippen LogP contribution < -0.4 is 15.0 Å². The van der Waals surface area contributed by atoms with E-state index in [0.717, 1.165) is 45.2 Å². The number of ether oxygens (including phenoxy) is 1. The molecule has 1 aromatic heterocycles. The van der Waals surface area contributed by atoms with Crippen molar-refractivity contribution in [3.63, 3.8) is 0 Å². The minimum Gasteiger partial charge on any atom is -0.497 e. The Balaban J connectivity index is 1.52. The Morgan fingerprint density at radius 2 is 1.64 bits per heavy atom. The molecule has 1 aliphatic heterocycles. The summed E-state index contributed by atoms with van der Waals surface area (Å²) in [4.78, 5) is 31.2. The fourth-order valence-corrected chi connectivity index (χ4v) is 5.15. The molecule has 0 radical (unpaired) electrons. The van der Waals surface area contributed by atoms with Crippen molar-refractivity contribution in [1.29, 1.82) is 0 Å². The van der Waals surface area contributed by atoms with Crippen molar-refractivity contribution in [2.24, 2.45) is 0 Å². The van der Waals surface area contributed by atoms with E-state index in [1.165, 1.54) is 0 Å². The van der Waals surface area contributed by atoms with Crippen molar-refractivity contribution in [2.45, 2.75) is 39.8 Å². The van der Waals surface area contributed by atoms with Gasteiger partial charge in [-0.15, -0.1) is 0 Å². The first-order chi connectivity index (χ1) is 18.8. The van der Waals surface area contributed by atoms with E-state index in [0.29, 0.717) is 0 Å². The van der Waals surface area contributed by atoms with Gasteiger partial charge in [0.1, 0.15) is 18.3 Å². The van der Waals surface area contributed by atoms with Crippen LogP contribution in [0.4, 0.5) is 16.2 Å². The van der Waals surface area contributed by atoms with Crippen LogP contribution >= 0.6 is 0 Å². The topological polar surface area (TPSA) is 66.8 Å². The number of hydrogen-bond acceptors (Lipinski definition) is 3. The van der Waals surface area contributed by atoms with Crippen molar-refractivity contribution in [2.75, 3.05) is 23.9 Å². The molecule has 0 spiro atoms. The van der Waals surface area contributed by atoms with Crippen molar-refractivity contribution in [3.05, 3.63) is 107 Å². The number of carbonyl (C=O) groups is 2. The average Bonchev–Trinajstić information content (AvgIpc) is 3.43. The van der Waals surface area contributed by atoms with Crippen LogP contribution in [-0.4, -0.2) is 41.1 Å². The molecule has 3 amide bonds. The first-order valence-electron chi connectivity index (χ1n) is 13.2. The van der Waals surface area contributed by atoms with E-state index in [9.17, 15) is 9.59 Å². The van der Waals surface area contributed by atoms with Crippen LogP contribution in [0.2, 0.25) is 0 Å². The number of nitrogens with zero attached hydrogens (tertiary/aromatic N) is 3. The molecule has 39 heavy (non-hydrogen) atoms. The zero-order valence-electron chi connectivity index (χ0n) is 23.0. The lowest BCUT2D eigenvalue weighted by molar-refractivity contribution is -0.119. The van der Waals surface area contributed by atoms with Gasteiger partial charge in [0.15, 0.2) is 0 Å². The molecule has 0 aliphatic carbocycles. The number of rotatable bonds is 6. The van der Waals surface area contributed by atoms with Crippen LogP contribution in [0, 0.1) is 13.8 Å². The zero-order chi connectivity index (χ0) is 27.7. The van der Waals surface area contributed by atoms with Crippen molar-refractivity contribution in [3.8, 4) is 11.4 Å². The average molecular weight is 523 g/mol. The number of amides is 3. The first-order valence-corrected chi connectivity index (χ1v) is 13.2. The number of nitrogens with one attached hydrogen (secondary N) is 1. The van der Waals surface area contributed by atoms with Gasteiger partial charge in [-0.25, -0.2) is 4.79 Å². The first kappa shape index (κ1) is 26.1. The van der Waals surface area contributed by atoms with E-state index in [-0.39, 0.29) is 30.6 Å². The van der Waals surface area contributed by atoms with Gasteiger partial charge in [-0.3, -0.25) is 9.69 Å². The van der Waals surface area contributed by atoms with E-state index >= 15 is 0 Å². The second-order valence-corrected chi connectivity index (χ2v) is 10.1. The van der Waals surface area contributed by atoms with Crippen LogP contribution in [0.1, 0.15) is 42.3 Å². The maximum Gasteiger partial charge on any atom is 0.322 e. The van der Waals surface area contributed by atoms with Gasteiger partial charge in [-0.2, -0.15) is 0 Å². The smallest absolute Gasteiger partial charge is 0.322 e. The number of aryl methyl sites for hydroxylation is 1. The molecule has 2 heterocycles. The zero-order valence-corrected chi connectivity index (χ0v) is 23.0. The Kier molecular flexibility index (Phi) is 7.15. The molecule has 1 N–H and O–H groups in total. The molecule has 1 atom stereocenters. The molecule has 200 valence electrons. The summed E-state index contributed by atoms with van der Waals surface area (Å²) >= 11 is 0. The molecular weight excluding hydrogens is 488 g/mol. The summed E-state index contributed by atoms with van der Waals surface area (Å²) in [5, 5.41) is 3.03. The highest BCUT2D eigenvalue weighted by Crippen LogP contribution is 2.42. The molecule has 0 fully saturated rings. The second-order valence-electron chi connectivity index (χ2n) is 10.1. The molecule has 4 aromatic rings. The normalized spacial score (nSPS) is 14.0. The number of carbonyl (C=O) groups excluding carboxylic acids is 2. The molecule has 3 aromatic carbocycles. The lowest BCUT2D eigenvalue weighted by atomic mass is 9.97. The predicted octanol–water partition coefficient (Wildman–Crippen LogP) is 6.48. The Hall–Kier alpha value is -4.52. The third kappa shape index (κ3) is 4.88. The van der Waals surface area contributed by atoms with Gasteiger partial charge in [-0.05, 0) is 86.8 Å². The molecule has 1 aliphatic rings. The number of fused-ring (bicyclic) bond motifs is 3. The van der Waals surface area contributed by atoms with Crippen LogP contribution in [0.25, 0.3) is 5.69 Å². The number of hydrogen-bond donors (Lipinski definition) is 1. The lowest BCUT2D eigenvalue weighted by Crippen LogP contribution is -2.49. The molecule has 1 unspecified atom stereocenters. The summed E-state index contributed by atoms with van der Waals surface area (Å²) in [5.41, 5.74) is 6.49. The molecular formula is C32H34N4O3. The summed E-state index contributed by atoms with van der Waals surface area (Å²) in [7, 11) is 1.64. The Labute approximate surface area is 229 Å². The van der Waals surface area contributed by atoms with Crippen LogP contribution in [0.5, 0.6) is 5.75 Å². The van der Waals surface area contributed by atoms with Crippen LogP contribution in [-0.2, 0) is 4.79 Å². The van der Waals surface area contributed by atoms with Crippen molar-refractivity contribution in [1.82, 2.24) is 9.47 Å². The number of anilines is 2. The highest BCUT2D eigenvalue weighted by Gasteiger charge is 2.37. The van der Waals surface area contributed by atoms with Gasteiger partial charge in [-0.1, -0.05) is 36.4 Å². The summed E-state index contributed by atoms with van der Waals surface area (Å²) in [6, 6.07) is 24.7. The number of benzene rings is 3. The maximum atomic E-state index is 14.3. The summed E-state index contributed by atoms with van der Waals surface area (Å²) in [6.45, 7) is 7.77. The number of urea groups is 1. The van der Waals surface area contributed by atoms with Crippen LogP contribution in [0.3, 0.4) is 0 Å². The van der Waals surface area contributed by atoms with Gasteiger partial charge < -0.3 is 19.5 Å². The quantitative estimate of drug-likeness (QED) is 0.315. The second kappa shape index (κ2) is 10.7. The highest BCUT2D eigenvalue weighted by molar-refractivity contribution is 6.01. The minimum absolute atomic E-state index is 0.0734. The van der Waals surface area contributed by atoms with E-state index in [1.807, 2.05) is 118 Å². The van der Waals surface area contributed by atoms with Crippen molar-refractivity contribution >= 4 is 23.3 Å². The standard InChI is InChI=1S/C32H34N4O3/c1-21(2)35(32(38)33-26-11-8-10-22(3)23(26)4)20-30(37)36-28-13-7-6-12-27(28)34-19-9-14-29(34)31(36)24-15-17-25(39-5)18-16-24/h6-19,21,31H,20H2,1-5H3,(H,33,38). The van der Waals surface area contributed by atoms with E-state index in [4.69, 9.17) is 4.74 Å². The Bertz CT molecular complexity index is 1510. The lowest BCUT2D eigenvalue weighted by Gasteiger charge is -2.40. The monoisotopic (exact) mass is 522 g/mol. The minimum atomic E-state index is -0.371. The van der Waals surface area contributed by atoms with Gasteiger partial charge in [0.2, 0.25) is 5.91 Å². The summed E-state index contributed by atoms with van der Waals surface area (Å²) in [5.74, 6) is 0.581. The fraction of sp³-hybridized carbons (Fsp3) is 0.250. The molecule has 0 saturated heterocycles. The number of para-hydroxylation sites is 2. The largest absolute Gasteiger partial charge is 0.497 e. The molecule has 7 heteroatoms. The van der Waals surface area contributed by atoms with Crippen LogP contribution in [0.15, 0.2) is 85.1 Å². The van der Waals surface area contributed by atoms with Gasteiger partial charge in [0.05, 0.1) is 24.2 Å². The Morgan fingerprint density at radius 1 is 0.923 bits per heavy atom. The SMILES string of the molecule is COc1ccc(C2c3cccn3-c3ccccc3N2C(=O)CN(C(=O)Nc2cccc(C)c2C)C(C)C)cc1. The predicted molar refractivity (Wildman–Crippen MR) is 155 cm³/mol. The number of methoxy groups -OCH3 is 1. The summed E-state index contributed by atoms with van der Waals surface area (Å²) in [6.07, 6.45) is 2.02. The van der Waals surface area contributed by atoms with Gasteiger partial charge >= 0.3 is 6.03 Å². The third-order valence-corrected chi connectivity index (χ3v) is 7.46. The highest BCUT2D eigenvalue weighted by atomic mass is 16.5. The van der Waals surface area contributed by atoms with Gasteiger partial charge in [0, 0.05) is 17.9 Å². The molecule has 0 bridgehead atoms. The fourth-order valence-electron chi connectivity index (χ4n) is 5.15. The van der Waals surface area contributed by atoms with Crippen molar-refractivity contribution < 1.29 is 14.3 Å². The molecule has 5 rings (SSSR count). The van der Waals surface area contributed by atoms with E-state index in [2.05, 4.69) is 9.88 Å².